The normalized spacial score (nSPS) is 33.4. The zero-order valence-electron chi connectivity index (χ0n) is 9.51. The summed E-state index contributed by atoms with van der Waals surface area (Å²) in [5, 5.41) is 3.55. The van der Waals surface area contributed by atoms with Gasteiger partial charge in [-0.2, -0.15) is 0 Å². The lowest BCUT2D eigenvalue weighted by molar-refractivity contribution is 0.133. The summed E-state index contributed by atoms with van der Waals surface area (Å²) in [6, 6.07) is 0.674. The minimum absolute atomic E-state index is 0.535. The summed E-state index contributed by atoms with van der Waals surface area (Å²) in [5.74, 6) is 0.753. The van der Waals surface area contributed by atoms with Gasteiger partial charge in [0.2, 0.25) is 0 Å². The lowest BCUT2D eigenvalue weighted by Crippen LogP contribution is -2.46. The van der Waals surface area contributed by atoms with Crippen LogP contribution < -0.4 is 5.32 Å². The van der Waals surface area contributed by atoms with Crippen LogP contribution >= 0.6 is 0 Å². The topological polar surface area (TPSA) is 21.3 Å². The first-order valence-electron chi connectivity index (χ1n) is 6.01. The van der Waals surface area contributed by atoms with Crippen LogP contribution in [-0.4, -0.2) is 26.3 Å². The third-order valence-electron chi connectivity index (χ3n) is 4.24. The number of nitrogens with one attached hydrogen (secondary N) is 1. The monoisotopic (exact) mass is 197 g/mol. The van der Waals surface area contributed by atoms with Crippen LogP contribution in [0.25, 0.3) is 0 Å². The van der Waals surface area contributed by atoms with E-state index in [1.54, 1.807) is 0 Å². The van der Waals surface area contributed by atoms with E-state index in [-0.39, 0.29) is 0 Å². The van der Waals surface area contributed by atoms with Crippen LogP contribution in [0.5, 0.6) is 0 Å². The van der Waals surface area contributed by atoms with Gasteiger partial charge in [-0.3, -0.25) is 0 Å². The van der Waals surface area contributed by atoms with E-state index in [2.05, 4.69) is 19.3 Å². The van der Waals surface area contributed by atoms with E-state index < -0.39 is 0 Å². The molecule has 2 fully saturated rings. The summed E-state index contributed by atoms with van der Waals surface area (Å²) in [6.07, 6.45) is 6.88. The Morgan fingerprint density at radius 1 is 1.36 bits per heavy atom. The molecule has 2 unspecified atom stereocenters. The number of hydrogen-bond donors (Lipinski definition) is 1. The zero-order chi connectivity index (χ0) is 10.0. The second-order valence-electron chi connectivity index (χ2n) is 5.25. The van der Waals surface area contributed by atoms with Crippen molar-refractivity contribution in [2.24, 2.45) is 11.3 Å². The maximum Gasteiger partial charge on any atom is 0.0510 e. The van der Waals surface area contributed by atoms with Crippen LogP contribution in [0.3, 0.4) is 0 Å². The Labute approximate surface area is 87.4 Å². The molecule has 0 aromatic rings. The summed E-state index contributed by atoms with van der Waals surface area (Å²) < 4.78 is 5.50. The van der Waals surface area contributed by atoms with Gasteiger partial charge in [0.25, 0.3) is 0 Å². The lowest BCUT2D eigenvalue weighted by atomic mass is 9.74. The third-order valence-corrected chi connectivity index (χ3v) is 4.24. The Morgan fingerprint density at radius 2 is 2.07 bits per heavy atom. The molecule has 0 aromatic carbocycles. The molecule has 1 aliphatic carbocycles. The fraction of sp³-hybridized carbons (Fsp3) is 1.00. The van der Waals surface area contributed by atoms with E-state index in [4.69, 9.17) is 4.74 Å². The van der Waals surface area contributed by atoms with Gasteiger partial charge in [-0.1, -0.05) is 19.8 Å². The van der Waals surface area contributed by atoms with E-state index in [9.17, 15) is 0 Å². The lowest BCUT2D eigenvalue weighted by Gasteiger charge is -2.37. The summed E-state index contributed by atoms with van der Waals surface area (Å²) in [5.41, 5.74) is 0.535. The van der Waals surface area contributed by atoms with Crippen LogP contribution in [0.2, 0.25) is 0 Å². The van der Waals surface area contributed by atoms with Gasteiger partial charge < -0.3 is 10.1 Å². The highest BCUT2D eigenvalue weighted by molar-refractivity contribution is 4.95. The Bertz CT molecular complexity index is 181. The first kappa shape index (κ1) is 10.4. The molecule has 1 N–H and O–H groups in total. The highest BCUT2D eigenvalue weighted by atomic mass is 16.5. The fourth-order valence-electron chi connectivity index (χ4n) is 3.46. The van der Waals surface area contributed by atoms with Crippen molar-refractivity contribution in [2.75, 3.05) is 20.3 Å². The molecule has 1 saturated heterocycles. The predicted octanol–water partition coefficient (Wildman–Crippen LogP) is 2.19. The third kappa shape index (κ3) is 1.82. The van der Waals surface area contributed by atoms with Gasteiger partial charge in [0.05, 0.1) is 6.61 Å². The van der Waals surface area contributed by atoms with Crippen molar-refractivity contribution in [3.05, 3.63) is 0 Å². The Balaban J connectivity index is 2.03. The SMILES string of the molecule is CNC(C1CCOC1)C1(C)CCCC1. The van der Waals surface area contributed by atoms with Crippen LogP contribution in [0, 0.1) is 11.3 Å². The average Bonchev–Trinajstić information content (AvgIpc) is 2.78. The molecule has 0 spiro atoms. The van der Waals surface area contributed by atoms with Gasteiger partial charge in [-0.25, -0.2) is 0 Å². The predicted molar refractivity (Wildman–Crippen MR) is 58.3 cm³/mol. The van der Waals surface area contributed by atoms with Crippen LogP contribution in [0.15, 0.2) is 0 Å². The second-order valence-corrected chi connectivity index (χ2v) is 5.25. The molecule has 0 amide bonds. The summed E-state index contributed by atoms with van der Waals surface area (Å²) >= 11 is 0. The smallest absolute Gasteiger partial charge is 0.0510 e. The first-order valence-corrected chi connectivity index (χ1v) is 6.01. The quantitative estimate of drug-likeness (QED) is 0.749. The summed E-state index contributed by atoms with van der Waals surface area (Å²) in [7, 11) is 2.12. The molecular formula is C12H23NO. The maximum absolute atomic E-state index is 5.50. The Hall–Kier alpha value is -0.0800. The fourth-order valence-corrected chi connectivity index (χ4v) is 3.46. The average molecular weight is 197 g/mol. The molecule has 82 valence electrons. The zero-order valence-corrected chi connectivity index (χ0v) is 9.51. The van der Waals surface area contributed by atoms with Gasteiger partial charge in [0.1, 0.15) is 0 Å². The second kappa shape index (κ2) is 4.19. The van der Waals surface area contributed by atoms with Crippen molar-refractivity contribution in [1.29, 1.82) is 0 Å². The molecule has 1 saturated carbocycles. The largest absolute Gasteiger partial charge is 0.381 e. The van der Waals surface area contributed by atoms with Crippen molar-refractivity contribution < 1.29 is 4.74 Å². The van der Waals surface area contributed by atoms with Crippen molar-refractivity contribution >= 4 is 0 Å². The van der Waals surface area contributed by atoms with Gasteiger partial charge in [-0.15, -0.1) is 0 Å². The highest BCUT2D eigenvalue weighted by Gasteiger charge is 2.41. The van der Waals surface area contributed by atoms with E-state index in [0.717, 1.165) is 19.1 Å². The molecule has 2 aliphatic rings. The van der Waals surface area contributed by atoms with E-state index in [1.165, 1.54) is 32.1 Å². The van der Waals surface area contributed by atoms with Gasteiger partial charge in [0.15, 0.2) is 0 Å². The van der Waals surface area contributed by atoms with E-state index in [0.29, 0.717) is 11.5 Å². The first-order chi connectivity index (χ1) is 6.76. The molecule has 0 aromatic heterocycles. The standard InChI is InChI=1S/C12H23NO/c1-12(6-3-4-7-12)11(13-2)10-5-8-14-9-10/h10-11,13H,3-9H2,1-2H3. The molecule has 1 heterocycles. The van der Waals surface area contributed by atoms with Crippen LogP contribution in [0.1, 0.15) is 39.0 Å². The minimum Gasteiger partial charge on any atom is -0.381 e. The Kier molecular flexibility index (Phi) is 3.13. The summed E-state index contributed by atoms with van der Waals surface area (Å²) in [4.78, 5) is 0. The maximum atomic E-state index is 5.50. The minimum atomic E-state index is 0.535. The summed E-state index contributed by atoms with van der Waals surface area (Å²) in [6.45, 7) is 4.40. The Morgan fingerprint density at radius 3 is 2.57 bits per heavy atom. The molecule has 2 heteroatoms. The number of hydrogen-bond acceptors (Lipinski definition) is 2. The highest BCUT2D eigenvalue weighted by Crippen LogP contribution is 2.44. The molecule has 2 rings (SSSR count). The molecule has 1 aliphatic heterocycles. The molecule has 2 nitrogen and oxygen atoms in total. The number of rotatable bonds is 3. The van der Waals surface area contributed by atoms with Crippen LogP contribution in [-0.2, 0) is 4.74 Å². The van der Waals surface area contributed by atoms with Crippen molar-refractivity contribution in [2.45, 2.75) is 45.1 Å². The number of ether oxygens (including phenoxy) is 1. The van der Waals surface area contributed by atoms with E-state index in [1.807, 2.05) is 0 Å². The molecule has 0 radical (unpaired) electrons. The molecule has 2 atom stereocenters. The van der Waals surface area contributed by atoms with Gasteiger partial charge in [-0.05, 0) is 31.7 Å². The van der Waals surface area contributed by atoms with Gasteiger partial charge >= 0.3 is 0 Å². The van der Waals surface area contributed by atoms with Gasteiger partial charge in [0, 0.05) is 18.6 Å². The van der Waals surface area contributed by atoms with Crippen molar-refractivity contribution in [3.63, 3.8) is 0 Å². The molecule has 14 heavy (non-hydrogen) atoms. The molecule has 0 bridgehead atoms. The van der Waals surface area contributed by atoms with Crippen molar-refractivity contribution in [3.8, 4) is 0 Å². The molecular weight excluding hydrogens is 174 g/mol. The van der Waals surface area contributed by atoms with Crippen molar-refractivity contribution in [1.82, 2.24) is 5.32 Å². The van der Waals surface area contributed by atoms with E-state index >= 15 is 0 Å². The van der Waals surface area contributed by atoms with Crippen LogP contribution in [0.4, 0.5) is 0 Å².